The van der Waals surface area contributed by atoms with Crippen LogP contribution in [0, 0.1) is 5.92 Å². The Labute approximate surface area is 171 Å². The Morgan fingerprint density at radius 2 is 1.86 bits per heavy atom. The lowest BCUT2D eigenvalue weighted by Gasteiger charge is -2.42. The summed E-state index contributed by atoms with van der Waals surface area (Å²) in [5.41, 5.74) is 1.24. The molecule has 1 amide bonds. The Hall–Kier alpha value is -2.05. The van der Waals surface area contributed by atoms with E-state index in [0.717, 1.165) is 44.8 Å². The van der Waals surface area contributed by atoms with Crippen molar-refractivity contribution in [2.45, 2.75) is 31.8 Å². The molecule has 1 aliphatic carbocycles. The predicted octanol–water partition coefficient (Wildman–Crippen LogP) is 3.53. The van der Waals surface area contributed by atoms with E-state index in [9.17, 15) is 4.79 Å². The second kappa shape index (κ2) is 8.53. The van der Waals surface area contributed by atoms with Crippen molar-refractivity contribution in [1.29, 1.82) is 0 Å². The third-order valence-electron chi connectivity index (χ3n) is 5.77. The zero-order chi connectivity index (χ0) is 19.5. The van der Waals surface area contributed by atoms with E-state index < -0.39 is 0 Å². The highest BCUT2D eigenvalue weighted by Crippen LogP contribution is 2.33. The van der Waals surface area contributed by atoms with Crippen molar-refractivity contribution >= 4 is 22.9 Å². The third kappa shape index (κ3) is 4.33. The van der Waals surface area contributed by atoms with Gasteiger partial charge in [0.05, 0.1) is 13.2 Å². The molecule has 2 fully saturated rings. The third-order valence-corrected chi connectivity index (χ3v) is 6.71. The van der Waals surface area contributed by atoms with Crippen LogP contribution in [-0.4, -0.2) is 50.1 Å². The molecule has 28 heavy (non-hydrogen) atoms. The average Bonchev–Trinajstić information content (AvgIpc) is 3.45. The summed E-state index contributed by atoms with van der Waals surface area (Å²) in [5, 5.41) is 5.41. The number of rotatable bonds is 7. The quantitative estimate of drug-likeness (QED) is 0.774. The molecule has 0 bridgehead atoms. The first-order valence-electron chi connectivity index (χ1n) is 10.1. The number of methoxy groups -OCH3 is 1. The molecule has 2 heterocycles. The van der Waals surface area contributed by atoms with Crippen LogP contribution in [0.2, 0.25) is 0 Å². The van der Waals surface area contributed by atoms with E-state index in [1.165, 1.54) is 10.6 Å². The van der Waals surface area contributed by atoms with Crippen molar-refractivity contribution in [3.63, 3.8) is 0 Å². The number of anilines is 1. The van der Waals surface area contributed by atoms with Crippen LogP contribution in [0.3, 0.4) is 0 Å². The molecule has 150 valence electrons. The fraction of sp³-hybridized carbons (Fsp3) is 0.500. The smallest absolute Gasteiger partial charge is 0.223 e. The molecule has 0 spiro atoms. The molecule has 1 saturated carbocycles. The van der Waals surface area contributed by atoms with Crippen molar-refractivity contribution < 1.29 is 9.53 Å². The Morgan fingerprint density at radius 1 is 1.14 bits per heavy atom. The van der Waals surface area contributed by atoms with Gasteiger partial charge < -0.3 is 15.0 Å². The van der Waals surface area contributed by atoms with Crippen molar-refractivity contribution in [3.05, 3.63) is 46.7 Å². The summed E-state index contributed by atoms with van der Waals surface area (Å²) in [6.45, 7) is 6.09. The topological polar surface area (TPSA) is 44.8 Å². The number of ether oxygens (including phenoxy) is 1. The van der Waals surface area contributed by atoms with Gasteiger partial charge in [-0.25, -0.2) is 0 Å². The Balaban J connectivity index is 1.42. The maximum absolute atomic E-state index is 12.3. The molecule has 1 aromatic carbocycles. The van der Waals surface area contributed by atoms with E-state index >= 15 is 0 Å². The minimum Gasteiger partial charge on any atom is -0.497 e. The molecule has 4 rings (SSSR count). The molecule has 6 heteroatoms. The number of nitrogens with one attached hydrogen (secondary N) is 1. The van der Waals surface area contributed by atoms with Gasteiger partial charge in [0.2, 0.25) is 5.91 Å². The normalized spacial score (nSPS) is 19.9. The molecule has 1 saturated heterocycles. The first kappa shape index (κ1) is 19.3. The highest BCUT2D eigenvalue weighted by atomic mass is 32.1. The van der Waals surface area contributed by atoms with Crippen LogP contribution in [0.1, 0.15) is 30.7 Å². The minimum atomic E-state index is 0.110. The number of hydrogen-bond acceptors (Lipinski definition) is 5. The van der Waals surface area contributed by atoms with Crippen molar-refractivity contribution in [2.75, 3.05) is 38.2 Å². The Bertz CT molecular complexity index is 766. The zero-order valence-corrected chi connectivity index (χ0v) is 17.5. The van der Waals surface area contributed by atoms with Gasteiger partial charge in [-0.2, -0.15) is 0 Å². The van der Waals surface area contributed by atoms with Crippen LogP contribution in [0.5, 0.6) is 5.75 Å². The van der Waals surface area contributed by atoms with E-state index in [1.54, 1.807) is 18.4 Å². The molecule has 0 unspecified atom stereocenters. The van der Waals surface area contributed by atoms with Gasteiger partial charge in [-0.1, -0.05) is 6.07 Å². The Kier molecular flexibility index (Phi) is 5.87. The molecule has 1 aromatic heterocycles. The van der Waals surface area contributed by atoms with Gasteiger partial charge in [-0.3, -0.25) is 9.69 Å². The second-order valence-corrected chi connectivity index (χ2v) is 8.73. The molecule has 2 aromatic rings. The van der Waals surface area contributed by atoms with Crippen LogP contribution in [-0.2, 0) is 4.79 Å². The van der Waals surface area contributed by atoms with E-state index in [0.29, 0.717) is 0 Å². The lowest BCUT2D eigenvalue weighted by Crippen LogP contribution is -2.52. The lowest BCUT2D eigenvalue weighted by molar-refractivity contribution is -0.123. The number of hydrogen-bond donors (Lipinski definition) is 1. The first-order chi connectivity index (χ1) is 13.7. The lowest BCUT2D eigenvalue weighted by atomic mass is 10.0. The molecule has 2 aliphatic rings. The maximum atomic E-state index is 12.3. The van der Waals surface area contributed by atoms with E-state index in [1.807, 2.05) is 12.1 Å². The van der Waals surface area contributed by atoms with Crippen LogP contribution in [0.25, 0.3) is 0 Å². The van der Waals surface area contributed by atoms with Crippen LogP contribution < -0.4 is 15.0 Å². The molecule has 2 atom stereocenters. The van der Waals surface area contributed by atoms with Crippen molar-refractivity contribution in [2.24, 2.45) is 5.92 Å². The average molecular weight is 400 g/mol. The monoisotopic (exact) mass is 399 g/mol. The first-order valence-corrected chi connectivity index (χ1v) is 11.0. The second-order valence-electron chi connectivity index (χ2n) is 7.75. The predicted molar refractivity (Wildman–Crippen MR) is 114 cm³/mol. The summed E-state index contributed by atoms with van der Waals surface area (Å²) < 4.78 is 5.27. The van der Waals surface area contributed by atoms with E-state index in [2.05, 4.69) is 51.7 Å². The summed E-state index contributed by atoms with van der Waals surface area (Å²) in [6, 6.07) is 13.0. The van der Waals surface area contributed by atoms with Crippen LogP contribution in [0.15, 0.2) is 41.8 Å². The van der Waals surface area contributed by atoms with Gasteiger partial charge in [-0.15, -0.1) is 11.3 Å². The zero-order valence-electron chi connectivity index (χ0n) is 16.6. The standard InChI is InChI=1S/C22H29N3O2S/c1-16(23-22(26)17-5-6-17)21(20-4-3-15-28-20)25-13-11-24(12-14-25)18-7-9-19(27-2)10-8-18/h3-4,7-10,15-17,21H,5-6,11-14H2,1-2H3,(H,23,26)/t16-,21-/m0/s1. The van der Waals surface area contributed by atoms with Crippen molar-refractivity contribution in [1.82, 2.24) is 10.2 Å². The number of benzene rings is 1. The molecular formula is C22H29N3O2S. The number of thiophene rings is 1. The minimum absolute atomic E-state index is 0.110. The van der Waals surface area contributed by atoms with Crippen LogP contribution in [0.4, 0.5) is 5.69 Å². The van der Waals surface area contributed by atoms with E-state index in [4.69, 9.17) is 4.74 Å². The molecule has 1 N–H and O–H groups in total. The Morgan fingerprint density at radius 3 is 2.43 bits per heavy atom. The highest BCUT2D eigenvalue weighted by molar-refractivity contribution is 7.10. The van der Waals surface area contributed by atoms with Gasteiger partial charge >= 0.3 is 0 Å². The number of nitrogens with zero attached hydrogens (tertiary/aromatic N) is 2. The molecule has 1 aliphatic heterocycles. The van der Waals surface area contributed by atoms with Crippen molar-refractivity contribution in [3.8, 4) is 5.75 Å². The number of amides is 1. The fourth-order valence-corrected chi connectivity index (χ4v) is 4.98. The largest absolute Gasteiger partial charge is 0.497 e. The molecule has 5 nitrogen and oxygen atoms in total. The summed E-state index contributed by atoms with van der Waals surface area (Å²) in [6.07, 6.45) is 2.09. The van der Waals surface area contributed by atoms with Gasteiger partial charge in [0.1, 0.15) is 5.75 Å². The van der Waals surface area contributed by atoms with Gasteiger partial charge in [-0.05, 0) is 55.5 Å². The summed E-state index contributed by atoms with van der Waals surface area (Å²) >= 11 is 1.78. The highest BCUT2D eigenvalue weighted by Gasteiger charge is 2.35. The SMILES string of the molecule is COc1ccc(N2CCN([C@H](c3cccs3)[C@H](C)NC(=O)C3CC3)CC2)cc1. The van der Waals surface area contributed by atoms with Gasteiger partial charge in [0.25, 0.3) is 0 Å². The number of carbonyl (C=O) groups is 1. The summed E-state index contributed by atoms with van der Waals surface area (Å²) in [4.78, 5) is 18.6. The summed E-state index contributed by atoms with van der Waals surface area (Å²) in [5.74, 6) is 1.37. The summed E-state index contributed by atoms with van der Waals surface area (Å²) in [7, 11) is 1.70. The van der Waals surface area contributed by atoms with E-state index in [-0.39, 0.29) is 23.9 Å². The molecular weight excluding hydrogens is 370 g/mol. The molecule has 0 radical (unpaired) electrons. The number of carbonyl (C=O) groups excluding carboxylic acids is 1. The van der Waals surface area contributed by atoms with Gasteiger partial charge in [0.15, 0.2) is 0 Å². The van der Waals surface area contributed by atoms with Gasteiger partial charge in [0, 0.05) is 48.7 Å². The number of piperazine rings is 1. The maximum Gasteiger partial charge on any atom is 0.223 e. The van der Waals surface area contributed by atoms with Crippen LogP contribution >= 0.6 is 11.3 Å². The fourth-order valence-electron chi connectivity index (χ4n) is 4.02.